The molecule has 0 amide bonds. The van der Waals surface area contributed by atoms with Crippen LogP contribution in [0.25, 0.3) is 5.65 Å². The number of pyridine rings is 1. The zero-order valence-electron chi connectivity index (χ0n) is 13.5. The van der Waals surface area contributed by atoms with Gasteiger partial charge in [0, 0.05) is 42.8 Å². The molecular weight excluding hydrogens is 358 g/mol. The smallest absolute Gasteiger partial charge is 0.211 e. The van der Waals surface area contributed by atoms with E-state index in [1.54, 1.807) is 12.4 Å². The average molecular weight is 376 g/mol. The van der Waals surface area contributed by atoms with Gasteiger partial charge in [-0.25, -0.2) is 15.0 Å². The number of imidazole rings is 1. The summed E-state index contributed by atoms with van der Waals surface area (Å²) >= 11 is 7.74. The summed E-state index contributed by atoms with van der Waals surface area (Å²) in [6, 6.07) is 1.84. The Labute approximate surface area is 154 Å². The summed E-state index contributed by atoms with van der Waals surface area (Å²) in [5.74, 6) is 1.88. The van der Waals surface area contributed by atoms with Gasteiger partial charge in [-0.1, -0.05) is 23.4 Å². The number of nitrogens with two attached hydrogens (primary N) is 2. The molecule has 4 N–H and O–H groups in total. The van der Waals surface area contributed by atoms with Crippen LogP contribution in [0.15, 0.2) is 40.6 Å². The van der Waals surface area contributed by atoms with Crippen LogP contribution < -0.4 is 16.4 Å². The molecule has 1 aliphatic rings. The van der Waals surface area contributed by atoms with Gasteiger partial charge in [0.1, 0.15) is 5.82 Å². The molecule has 0 saturated carbocycles. The lowest BCUT2D eigenvalue weighted by Crippen LogP contribution is -2.48. The Morgan fingerprint density at radius 3 is 2.84 bits per heavy atom. The van der Waals surface area contributed by atoms with Crippen molar-refractivity contribution in [2.75, 3.05) is 30.3 Å². The summed E-state index contributed by atoms with van der Waals surface area (Å²) in [6.45, 7) is 2.70. The Hall–Kier alpha value is -2.03. The predicted molar refractivity (Wildman–Crippen MR) is 100 cm³/mol. The number of halogens is 1. The number of aromatic nitrogens is 4. The van der Waals surface area contributed by atoms with E-state index in [4.69, 9.17) is 23.1 Å². The van der Waals surface area contributed by atoms with E-state index in [-0.39, 0.29) is 0 Å². The van der Waals surface area contributed by atoms with Crippen LogP contribution in [0.3, 0.4) is 0 Å². The summed E-state index contributed by atoms with van der Waals surface area (Å²) in [6.07, 6.45) is 8.25. The molecule has 9 heteroatoms. The van der Waals surface area contributed by atoms with Gasteiger partial charge < -0.3 is 16.4 Å². The SMILES string of the molecule is NCCC1CN(c2ncc(Sc3ccnc(N)c3Cl)c3nccn23)C1. The van der Waals surface area contributed by atoms with Crippen molar-refractivity contribution >= 4 is 40.8 Å². The molecule has 25 heavy (non-hydrogen) atoms. The fourth-order valence-electron chi connectivity index (χ4n) is 2.98. The van der Waals surface area contributed by atoms with E-state index in [1.165, 1.54) is 11.8 Å². The molecule has 4 rings (SSSR count). The third-order valence-electron chi connectivity index (χ3n) is 4.29. The maximum Gasteiger partial charge on any atom is 0.211 e. The van der Waals surface area contributed by atoms with E-state index in [0.717, 1.165) is 47.4 Å². The number of nitrogen functional groups attached to an aromatic ring is 1. The van der Waals surface area contributed by atoms with Gasteiger partial charge in [-0.3, -0.25) is 4.40 Å². The second-order valence-electron chi connectivity index (χ2n) is 6.00. The standard InChI is InChI=1S/C16H18ClN7S/c17-13-11(2-4-20-14(13)19)25-12-7-22-16(24-6-5-21-15(12)24)23-8-10(9-23)1-3-18/h2,4-7,10H,1,3,8-9,18H2,(H2,19,20). The topological polar surface area (TPSA) is 98.4 Å². The van der Waals surface area contributed by atoms with Gasteiger partial charge in [0.15, 0.2) is 5.65 Å². The fraction of sp³-hybridized carbons (Fsp3) is 0.312. The van der Waals surface area contributed by atoms with Crippen LogP contribution in [-0.4, -0.2) is 39.0 Å². The highest BCUT2D eigenvalue weighted by atomic mass is 35.5. The average Bonchev–Trinajstić information content (AvgIpc) is 3.06. The number of hydrogen-bond donors (Lipinski definition) is 2. The molecule has 0 bridgehead atoms. The minimum Gasteiger partial charge on any atom is -0.382 e. The molecule has 130 valence electrons. The lowest BCUT2D eigenvalue weighted by molar-refractivity contribution is 0.382. The van der Waals surface area contributed by atoms with E-state index in [9.17, 15) is 0 Å². The number of nitrogens with zero attached hydrogens (tertiary/aromatic N) is 5. The van der Waals surface area contributed by atoms with Gasteiger partial charge in [-0.15, -0.1) is 0 Å². The monoisotopic (exact) mass is 375 g/mol. The molecule has 0 aliphatic carbocycles. The fourth-order valence-corrected chi connectivity index (χ4v) is 4.11. The molecule has 0 aromatic carbocycles. The number of rotatable bonds is 5. The summed E-state index contributed by atoms with van der Waals surface area (Å²) in [5, 5.41) is 0.452. The molecule has 1 aliphatic heterocycles. The van der Waals surface area contributed by atoms with Gasteiger partial charge in [-0.05, 0) is 24.9 Å². The Morgan fingerprint density at radius 2 is 2.04 bits per heavy atom. The molecule has 0 spiro atoms. The first kappa shape index (κ1) is 16.4. The quantitative estimate of drug-likeness (QED) is 0.705. The molecule has 4 heterocycles. The maximum atomic E-state index is 6.25. The summed E-state index contributed by atoms with van der Waals surface area (Å²) < 4.78 is 2.01. The molecule has 7 nitrogen and oxygen atoms in total. The van der Waals surface area contributed by atoms with E-state index in [0.29, 0.717) is 16.8 Å². The second kappa shape index (κ2) is 6.70. The molecule has 3 aromatic heterocycles. The first-order chi connectivity index (χ1) is 12.2. The van der Waals surface area contributed by atoms with E-state index < -0.39 is 0 Å². The second-order valence-corrected chi connectivity index (χ2v) is 7.46. The van der Waals surface area contributed by atoms with Crippen molar-refractivity contribution in [2.24, 2.45) is 11.7 Å². The van der Waals surface area contributed by atoms with Crippen LogP contribution in [0, 0.1) is 5.92 Å². The lowest BCUT2D eigenvalue weighted by Gasteiger charge is -2.40. The summed E-state index contributed by atoms with van der Waals surface area (Å²) in [5.41, 5.74) is 12.3. The van der Waals surface area contributed by atoms with Crippen molar-refractivity contribution in [1.82, 2.24) is 19.4 Å². The Bertz CT molecular complexity index is 907. The normalized spacial score (nSPS) is 14.9. The minimum atomic E-state index is 0.321. The van der Waals surface area contributed by atoms with Crippen LogP contribution in [-0.2, 0) is 0 Å². The first-order valence-electron chi connectivity index (χ1n) is 8.02. The first-order valence-corrected chi connectivity index (χ1v) is 9.21. The van der Waals surface area contributed by atoms with Gasteiger partial charge in [-0.2, -0.15) is 0 Å². The van der Waals surface area contributed by atoms with Crippen LogP contribution >= 0.6 is 23.4 Å². The Kier molecular flexibility index (Phi) is 4.41. The van der Waals surface area contributed by atoms with Crippen molar-refractivity contribution in [3.8, 4) is 0 Å². The van der Waals surface area contributed by atoms with Gasteiger partial charge in [0.05, 0.1) is 9.92 Å². The van der Waals surface area contributed by atoms with Gasteiger partial charge >= 0.3 is 0 Å². The molecular formula is C16H18ClN7S. The van der Waals surface area contributed by atoms with Crippen molar-refractivity contribution in [2.45, 2.75) is 16.2 Å². The van der Waals surface area contributed by atoms with Crippen LogP contribution in [0.2, 0.25) is 5.02 Å². The lowest BCUT2D eigenvalue weighted by atomic mass is 9.97. The molecule has 1 fully saturated rings. The van der Waals surface area contributed by atoms with Crippen molar-refractivity contribution in [3.05, 3.63) is 35.9 Å². The Morgan fingerprint density at radius 1 is 1.20 bits per heavy atom. The van der Waals surface area contributed by atoms with E-state index in [1.807, 2.05) is 22.9 Å². The van der Waals surface area contributed by atoms with Crippen molar-refractivity contribution in [1.29, 1.82) is 0 Å². The molecule has 1 saturated heterocycles. The van der Waals surface area contributed by atoms with E-state index in [2.05, 4.69) is 19.9 Å². The van der Waals surface area contributed by atoms with Crippen molar-refractivity contribution in [3.63, 3.8) is 0 Å². The third-order valence-corrected chi connectivity index (χ3v) is 5.87. The number of hydrogen-bond acceptors (Lipinski definition) is 7. The largest absolute Gasteiger partial charge is 0.382 e. The molecule has 0 unspecified atom stereocenters. The maximum absolute atomic E-state index is 6.25. The van der Waals surface area contributed by atoms with Gasteiger partial charge in [0.2, 0.25) is 5.95 Å². The highest BCUT2D eigenvalue weighted by Gasteiger charge is 2.29. The number of anilines is 2. The minimum absolute atomic E-state index is 0.321. The van der Waals surface area contributed by atoms with Crippen LogP contribution in [0.1, 0.15) is 6.42 Å². The third kappa shape index (κ3) is 3.01. The highest BCUT2D eigenvalue weighted by Crippen LogP contribution is 2.37. The van der Waals surface area contributed by atoms with Crippen LogP contribution in [0.4, 0.5) is 11.8 Å². The van der Waals surface area contributed by atoms with Crippen LogP contribution in [0.5, 0.6) is 0 Å². The molecule has 0 radical (unpaired) electrons. The number of fused-ring (bicyclic) bond motifs is 1. The van der Waals surface area contributed by atoms with Gasteiger partial charge in [0.25, 0.3) is 0 Å². The summed E-state index contributed by atoms with van der Waals surface area (Å²) in [4.78, 5) is 17.1. The molecule has 0 atom stereocenters. The van der Waals surface area contributed by atoms with Crippen molar-refractivity contribution < 1.29 is 0 Å². The Balaban J connectivity index is 1.63. The molecule has 3 aromatic rings. The predicted octanol–water partition coefficient (Wildman–Crippen LogP) is 2.30. The summed E-state index contributed by atoms with van der Waals surface area (Å²) in [7, 11) is 0. The zero-order valence-corrected chi connectivity index (χ0v) is 15.0. The zero-order chi connectivity index (χ0) is 17.4. The van der Waals surface area contributed by atoms with E-state index >= 15 is 0 Å². The highest BCUT2D eigenvalue weighted by molar-refractivity contribution is 7.99.